The number of hydrogen-bond acceptors (Lipinski definition) is 3. The Morgan fingerprint density at radius 1 is 1.38 bits per heavy atom. The first-order chi connectivity index (χ1) is 11.6. The molecule has 6 nitrogen and oxygen atoms in total. The Kier molecular flexibility index (Phi) is 4.80. The molecule has 24 heavy (non-hydrogen) atoms. The van der Waals surface area contributed by atoms with E-state index < -0.39 is 11.9 Å². The predicted octanol–water partition coefficient (Wildman–Crippen LogP) is 1.70. The molecule has 1 aromatic carbocycles. The van der Waals surface area contributed by atoms with Gasteiger partial charge in [0.25, 0.3) is 5.91 Å². The topological polar surface area (TPSA) is 70.7 Å². The number of urea groups is 1. The maximum Gasteiger partial charge on any atom is 0.319 e. The Morgan fingerprint density at radius 2 is 2.21 bits per heavy atom. The van der Waals surface area contributed by atoms with Crippen molar-refractivity contribution in [1.82, 2.24) is 15.5 Å². The van der Waals surface area contributed by atoms with Gasteiger partial charge in [0.15, 0.2) is 0 Å². The van der Waals surface area contributed by atoms with Crippen LogP contribution in [-0.2, 0) is 9.53 Å². The lowest BCUT2D eigenvalue weighted by molar-refractivity contribution is -0.126. The molecule has 1 atom stereocenters. The number of halogens is 1. The van der Waals surface area contributed by atoms with E-state index in [4.69, 9.17) is 4.74 Å². The number of nitrogens with zero attached hydrogens (tertiary/aromatic N) is 1. The van der Waals surface area contributed by atoms with Gasteiger partial charge < -0.3 is 20.3 Å². The largest absolute Gasteiger partial charge is 0.382 e. The average molecular weight is 333 g/mol. The fourth-order valence-electron chi connectivity index (χ4n) is 3.05. The molecule has 2 heterocycles. The molecule has 0 spiro atoms. The summed E-state index contributed by atoms with van der Waals surface area (Å²) in [6, 6.07) is 4.93. The van der Waals surface area contributed by atoms with Crippen LogP contribution in [0.3, 0.4) is 0 Å². The van der Waals surface area contributed by atoms with E-state index in [0.29, 0.717) is 43.1 Å². The van der Waals surface area contributed by atoms with Gasteiger partial charge in [-0.3, -0.25) is 4.79 Å². The lowest BCUT2D eigenvalue weighted by atomic mass is 9.96. The first-order valence-electron chi connectivity index (χ1n) is 8.03. The van der Waals surface area contributed by atoms with E-state index >= 15 is 0 Å². The number of rotatable bonds is 6. The van der Waals surface area contributed by atoms with Gasteiger partial charge in [0, 0.05) is 19.8 Å². The van der Waals surface area contributed by atoms with Crippen molar-refractivity contribution in [1.29, 1.82) is 0 Å². The van der Waals surface area contributed by atoms with Gasteiger partial charge in [0.05, 0.1) is 23.9 Å². The van der Waals surface area contributed by atoms with Crippen LogP contribution in [-0.4, -0.2) is 43.1 Å². The summed E-state index contributed by atoms with van der Waals surface area (Å²) < 4.78 is 18.8. The summed E-state index contributed by atoms with van der Waals surface area (Å²) >= 11 is 0. The quantitative estimate of drug-likeness (QED) is 0.779. The molecular weight excluding hydrogens is 313 g/mol. The first-order valence-corrected chi connectivity index (χ1v) is 8.03. The predicted molar refractivity (Wildman–Crippen MR) is 85.5 cm³/mol. The number of nitrogens with one attached hydrogen (secondary N) is 2. The smallest absolute Gasteiger partial charge is 0.319 e. The minimum atomic E-state index is -0.631. The zero-order valence-electron chi connectivity index (χ0n) is 13.5. The van der Waals surface area contributed by atoms with Crippen LogP contribution in [0.1, 0.15) is 24.9 Å². The Hall–Kier alpha value is -2.41. The second-order valence-corrected chi connectivity index (χ2v) is 5.76. The van der Waals surface area contributed by atoms with E-state index in [0.717, 1.165) is 6.42 Å². The summed E-state index contributed by atoms with van der Waals surface area (Å²) in [7, 11) is 0. The zero-order chi connectivity index (χ0) is 17.1. The van der Waals surface area contributed by atoms with E-state index in [9.17, 15) is 14.0 Å². The average Bonchev–Trinajstić information content (AvgIpc) is 2.87. The SMILES string of the molecule is CCOCCCN1CC2=C(C1=O)[C@H](c1cccc(F)c1)NC(=O)N2. The maximum absolute atomic E-state index is 13.5. The van der Waals surface area contributed by atoms with Gasteiger partial charge in [0.2, 0.25) is 0 Å². The van der Waals surface area contributed by atoms with Crippen LogP contribution < -0.4 is 10.6 Å². The van der Waals surface area contributed by atoms with E-state index in [1.165, 1.54) is 12.1 Å². The molecule has 128 valence electrons. The fourth-order valence-corrected chi connectivity index (χ4v) is 3.05. The summed E-state index contributed by atoms with van der Waals surface area (Å²) in [5.41, 5.74) is 1.63. The van der Waals surface area contributed by atoms with E-state index in [-0.39, 0.29) is 11.9 Å². The number of carbonyl (C=O) groups excluding carboxylic acids is 2. The third-order valence-corrected chi connectivity index (χ3v) is 4.12. The number of carbonyl (C=O) groups is 2. The van der Waals surface area contributed by atoms with Crippen LogP contribution in [0, 0.1) is 5.82 Å². The second kappa shape index (κ2) is 7.00. The number of amides is 3. The molecule has 0 radical (unpaired) electrons. The van der Waals surface area contributed by atoms with Crippen molar-refractivity contribution in [2.24, 2.45) is 0 Å². The highest BCUT2D eigenvalue weighted by Gasteiger charge is 2.40. The molecule has 0 aliphatic carbocycles. The molecule has 1 aromatic rings. The highest BCUT2D eigenvalue weighted by Crippen LogP contribution is 2.32. The van der Waals surface area contributed by atoms with Gasteiger partial charge in [0.1, 0.15) is 5.82 Å². The molecule has 2 N–H and O–H groups in total. The van der Waals surface area contributed by atoms with Crippen LogP contribution in [0.25, 0.3) is 0 Å². The zero-order valence-corrected chi connectivity index (χ0v) is 13.5. The van der Waals surface area contributed by atoms with Crippen molar-refractivity contribution in [3.05, 3.63) is 46.9 Å². The minimum Gasteiger partial charge on any atom is -0.382 e. The van der Waals surface area contributed by atoms with Crippen molar-refractivity contribution >= 4 is 11.9 Å². The van der Waals surface area contributed by atoms with Crippen LogP contribution in [0.5, 0.6) is 0 Å². The standard InChI is InChI=1S/C17H20FN3O3/c1-2-24-8-4-7-21-10-13-14(16(21)22)15(20-17(23)19-13)11-5-3-6-12(18)9-11/h3,5-6,9,15H,2,4,7-8,10H2,1H3,(H2,19,20,23)/t15-/m0/s1. The van der Waals surface area contributed by atoms with Crippen molar-refractivity contribution in [3.63, 3.8) is 0 Å². The van der Waals surface area contributed by atoms with Gasteiger partial charge in [-0.1, -0.05) is 12.1 Å². The number of hydrogen-bond donors (Lipinski definition) is 2. The van der Waals surface area contributed by atoms with Crippen LogP contribution >= 0.6 is 0 Å². The molecular formula is C17H20FN3O3. The molecule has 0 fully saturated rings. The normalized spacial score (nSPS) is 20.1. The Balaban J connectivity index is 1.79. The van der Waals surface area contributed by atoms with Gasteiger partial charge in [-0.05, 0) is 31.0 Å². The van der Waals surface area contributed by atoms with Gasteiger partial charge in [-0.25, -0.2) is 9.18 Å². The van der Waals surface area contributed by atoms with E-state index in [1.54, 1.807) is 17.0 Å². The lowest BCUT2D eigenvalue weighted by Crippen LogP contribution is -2.44. The molecule has 0 aromatic heterocycles. The van der Waals surface area contributed by atoms with E-state index in [2.05, 4.69) is 10.6 Å². The van der Waals surface area contributed by atoms with Crippen molar-refractivity contribution in [2.45, 2.75) is 19.4 Å². The van der Waals surface area contributed by atoms with Gasteiger partial charge in [-0.15, -0.1) is 0 Å². The molecule has 3 rings (SSSR count). The molecule has 2 aliphatic rings. The highest BCUT2D eigenvalue weighted by molar-refractivity contribution is 6.01. The summed E-state index contributed by atoms with van der Waals surface area (Å²) in [6.45, 7) is 4.07. The number of benzene rings is 1. The molecule has 0 bridgehead atoms. The molecule has 2 aliphatic heterocycles. The molecule has 7 heteroatoms. The lowest BCUT2D eigenvalue weighted by Gasteiger charge is -2.25. The monoisotopic (exact) mass is 333 g/mol. The summed E-state index contributed by atoms with van der Waals surface area (Å²) in [5.74, 6) is -0.537. The third-order valence-electron chi connectivity index (χ3n) is 4.12. The Labute approximate surface area is 139 Å². The molecule has 0 unspecified atom stereocenters. The van der Waals surface area contributed by atoms with Crippen LogP contribution in [0.15, 0.2) is 35.5 Å². The first kappa shape index (κ1) is 16.4. The van der Waals surface area contributed by atoms with Gasteiger partial charge >= 0.3 is 6.03 Å². The van der Waals surface area contributed by atoms with E-state index in [1.807, 2.05) is 6.92 Å². The van der Waals surface area contributed by atoms with Crippen LogP contribution in [0.2, 0.25) is 0 Å². The summed E-state index contributed by atoms with van der Waals surface area (Å²) in [4.78, 5) is 26.3. The molecule has 3 amide bonds. The Bertz CT molecular complexity index is 689. The maximum atomic E-state index is 13.5. The third kappa shape index (κ3) is 3.26. The Morgan fingerprint density at radius 3 is 2.96 bits per heavy atom. The van der Waals surface area contributed by atoms with Gasteiger partial charge in [-0.2, -0.15) is 0 Å². The summed E-state index contributed by atoms with van der Waals surface area (Å²) in [6.07, 6.45) is 0.728. The minimum absolute atomic E-state index is 0.136. The summed E-state index contributed by atoms with van der Waals surface area (Å²) in [5, 5.41) is 5.41. The van der Waals surface area contributed by atoms with Crippen molar-refractivity contribution < 1.29 is 18.7 Å². The molecule has 0 saturated heterocycles. The van der Waals surface area contributed by atoms with Crippen molar-refractivity contribution in [2.75, 3.05) is 26.3 Å². The molecule has 0 saturated carbocycles. The van der Waals surface area contributed by atoms with Crippen molar-refractivity contribution in [3.8, 4) is 0 Å². The van der Waals surface area contributed by atoms with Crippen LogP contribution in [0.4, 0.5) is 9.18 Å². The fraction of sp³-hybridized carbons (Fsp3) is 0.412. The second-order valence-electron chi connectivity index (χ2n) is 5.76. The number of ether oxygens (including phenoxy) is 1. The highest BCUT2D eigenvalue weighted by atomic mass is 19.1.